The highest BCUT2D eigenvalue weighted by molar-refractivity contribution is 8.02. The van der Waals surface area contributed by atoms with Crippen molar-refractivity contribution in [3.63, 3.8) is 0 Å². The Morgan fingerprint density at radius 2 is 1.81 bits per heavy atom. The van der Waals surface area contributed by atoms with Crippen LogP contribution in [0.25, 0.3) is 0 Å². The topological polar surface area (TPSA) is 101 Å². The lowest BCUT2D eigenvalue weighted by atomic mass is 10.1. The number of thioether (sulfide) groups is 1. The zero-order chi connectivity index (χ0) is 12.9. The van der Waals surface area contributed by atoms with Crippen LogP contribution in [-0.4, -0.2) is 38.2 Å². The van der Waals surface area contributed by atoms with E-state index in [0.717, 1.165) is 18.2 Å². The molecule has 0 saturated heterocycles. The number of aliphatic carboxylic acids is 2. The third-order valence-corrected chi connectivity index (χ3v) is 3.87. The number of carboxylic acids is 2. The molecule has 0 spiro atoms. The quantitative estimate of drug-likeness (QED) is 0.626. The van der Waals surface area contributed by atoms with E-state index in [0.29, 0.717) is 6.42 Å². The molecule has 16 heavy (non-hydrogen) atoms. The molecule has 0 aromatic rings. The van der Waals surface area contributed by atoms with Crippen LogP contribution in [0.15, 0.2) is 0 Å². The molecule has 0 aliphatic carbocycles. The van der Waals surface area contributed by atoms with Gasteiger partial charge in [-0.1, -0.05) is 13.3 Å². The summed E-state index contributed by atoms with van der Waals surface area (Å²) < 4.78 is -0.802. The third-order valence-electron chi connectivity index (χ3n) is 2.29. The van der Waals surface area contributed by atoms with Crippen LogP contribution in [0, 0.1) is 0 Å². The molecule has 1 unspecified atom stereocenters. The molecule has 6 heteroatoms. The minimum absolute atomic E-state index is 0.510. The Kier molecular flexibility index (Phi) is 5.81. The van der Waals surface area contributed by atoms with Crippen molar-refractivity contribution in [3.8, 4) is 0 Å². The molecular formula is C10H19NO4S. The molecular weight excluding hydrogens is 230 g/mol. The molecule has 2 atom stereocenters. The second kappa shape index (κ2) is 6.10. The number of rotatable bonds is 7. The van der Waals surface area contributed by atoms with Crippen LogP contribution in [0.2, 0.25) is 0 Å². The predicted octanol–water partition coefficient (Wildman–Crippen LogP) is 1.16. The number of hydrogen-bond donors (Lipinski definition) is 3. The van der Waals surface area contributed by atoms with Crippen molar-refractivity contribution in [1.82, 2.24) is 0 Å². The normalized spacial score (nSPS) is 15.5. The minimum atomic E-state index is -1.11. The van der Waals surface area contributed by atoms with Crippen molar-refractivity contribution in [2.75, 3.05) is 0 Å². The average Bonchev–Trinajstić information content (AvgIpc) is 2.15. The highest BCUT2D eigenvalue weighted by Gasteiger charge is 2.36. The summed E-state index contributed by atoms with van der Waals surface area (Å²) in [5, 5.41) is 17.2. The molecule has 0 bridgehead atoms. The van der Waals surface area contributed by atoms with Crippen LogP contribution in [-0.2, 0) is 9.59 Å². The fourth-order valence-corrected chi connectivity index (χ4v) is 2.67. The van der Waals surface area contributed by atoms with Gasteiger partial charge in [0.1, 0.15) is 11.3 Å². The first-order chi connectivity index (χ1) is 7.22. The lowest BCUT2D eigenvalue weighted by molar-refractivity contribution is -0.139. The van der Waals surface area contributed by atoms with E-state index >= 15 is 0 Å². The van der Waals surface area contributed by atoms with E-state index in [1.165, 1.54) is 0 Å². The van der Waals surface area contributed by atoms with Gasteiger partial charge < -0.3 is 15.9 Å². The van der Waals surface area contributed by atoms with Gasteiger partial charge in [-0.2, -0.15) is 0 Å². The van der Waals surface area contributed by atoms with E-state index in [-0.39, 0.29) is 0 Å². The highest BCUT2D eigenvalue weighted by Crippen LogP contribution is 2.33. The van der Waals surface area contributed by atoms with Crippen molar-refractivity contribution < 1.29 is 19.8 Å². The lowest BCUT2D eigenvalue weighted by Gasteiger charge is -2.30. The predicted molar refractivity (Wildman–Crippen MR) is 63.6 cm³/mol. The fraction of sp³-hybridized carbons (Fsp3) is 0.800. The summed E-state index contributed by atoms with van der Waals surface area (Å²) in [6.07, 6.45) is 1.25. The van der Waals surface area contributed by atoms with Gasteiger partial charge in [-0.05, 0) is 20.3 Å². The molecule has 0 heterocycles. The highest BCUT2D eigenvalue weighted by atomic mass is 32.2. The van der Waals surface area contributed by atoms with Crippen molar-refractivity contribution in [3.05, 3.63) is 0 Å². The summed E-state index contributed by atoms with van der Waals surface area (Å²) in [5.41, 5.74) is 5.53. The Hall–Kier alpha value is -0.750. The largest absolute Gasteiger partial charge is 0.480 e. The van der Waals surface area contributed by atoms with E-state index in [4.69, 9.17) is 15.9 Å². The van der Waals surface area contributed by atoms with E-state index in [1.807, 2.05) is 6.92 Å². The van der Waals surface area contributed by atoms with Gasteiger partial charge in [0.25, 0.3) is 0 Å². The van der Waals surface area contributed by atoms with Crippen LogP contribution in [0.1, 0.15) is 33.6 Å². The van der Waals surface area contributed by atoms with Crippen molar-refractivity contribution in [2.24, 2.45) is 5.73 Å². The van der Waals surface area contributed by atoms with Crippen LogP contribution in [0.3, 0.4) is 0 Å². The van der Waals surface area contributed by atoms with Gasteiger partial charge in [0.2, 0.25) is 0 Å². The minimum Gasteiger partial charge on any atom is -0.480 e. The Morgan fingerprint density at radius 3 is 2.12 bits per heavy atom. The van der Waals surface area contributed by atoms with Crippen LogP contribution in [0.5, 0.6) is 0 Å². The smallest absolute Gasteiger partial charge is 0.321 e. The van der Waals surface area contributed by atoms with Gasteiger partial charge in [0.15, 0.2) is 0 Å². The van der Waals surface area contributed by atoms with Gasteiger partial charge in [0.05, 0.1) is 0 Å². The number of hydrogen-bond acceptors (Lipinski definition) is 4. The van der Waals surface area contributed by atoms with Crippen LogP contribution < -0.4 is 5.73 Å². The van der Waals surface area contributed by atoms with Gasteiger partial charge in [-0.15, -0.1) is 11.8 Å². The molecule has 0 aliphatic heterocycles. The van der Waals surface area contributed by atoms with Crippen molar-refractivity contribution in [2.45, 2.75) is 49.7 Å². The summed E-state index contributed by atoms with van der Waals surface area (Å²) >= 11 is 1.11. The van der Waals surface area contributed by atoms with E-state index in [1.54, 1.807) is 13.8 Å². The van der Waals surface area contributed by atoms with E-state index in [2.05, 4.69) is 0 Å². The fourth-order valence-electron chi connectivity index (χ4n) is 1.23. The molecule has 5 nitrogen and oxygen atoms in total. The number of nitrogens with two attached hydrogens (primary N) is 1. The van der Waals surface area contributed by atoms with Gasteiger partial charge in [0, 0.05) is 4.75 Å². The summed E-state index contributed by atoms with van der Waals surface area (Å²) in [7, 11) is 0. The third kappa shape index (κ3) is 4.40. The van der Waals surface area contributed by atoms with Gasteiger partial charge in [-0.25, -0.2) is 0 Å². The Bertz CT molecular complexity index is 268. The second-order valence-corrected chi connectivity index (χ2v) is 6.01. The SMILES string of the molecule is CCCC(SC(C)(C)[C@H](N)C(=O)O)C(=O)O. The maximum absolute atomic E-state index is 11.0. The summed E-state index contributed by atoms with van der Waals surface area (Å²) in [6, 6.07) is -1.07. The zero-order valence-corrected chi connectivity index (χ0v) is 10.6. The first-order valence-corrected chi connectivity index (χ1v) is 5.99. The van der Waals surface area contributed by atoms with E-state index < -0.39 is 28.0 Å². The second-order valence-electron chi connectivity index (χ2n) is 4.15. The van der Waals surface area contributed by atoms with Crippen LogP contribution in [0.4, 0.5) is 0 Å². The molecule has 0 radical (unpaired) electrons. The van der Waals surface area contributed by atoms with Crippen LogP contribution >= 0.6 is 11.8 Å². The summed E-state index contributed by atoms with van der Waals surface area (Å²) in [5.74, 6) is -2.03. The zero-order valence-electron chi connectivity index (χ0n) is 9.77. The molecule has 0 fully saturated rings. The molecule has 0 aliphatic rings. The molecule has 0 amide bonds. The Balaban J connectivity index is 4.64. The first kappa shape index (κ1) is 15.2. The molecule has 0 aromatic carbocycles. The van der Waals surface area contributed by atoms with Gasteiger partial charge >= 0.3 is 11.9 Å². The summed E-state index contributed by atoms with van der Waals surface area (Å²) in [4.78, 5) is 21.7. The average molecular weight is 249 g/mol. The Morgan fingerprint density at radius 1 is 1.31 bits per heavy atom. The molecule has 0 aromatic heterocycles. The lowest BCUT2D eigenvalue weighted by Crippen LogP contribution is -2.48. The van der Waals surface area contributed by atoms with E-state index in [9.17, 15) is 9.59 Å². The monoisotopic (exact) mass is 249 g/mol. The number of carboxylic acid groups (broad SMARTS) is 2. The van der Waals surface area contributed by atoms with Gasteiger partial charge in [-0.3, -0.25) is 9.59 Å². The van der Waals surface area contributed by atoms with Crippen molar-refractivity contribution in [1.29, 1.82) is 0 Å². The maximum atomic E-state index is 11.0. The molecule has 4 N–H and O–H groups in total. The molecule has 0 rings (SSSR count). The number of carbonyl (C=O) groups is 2. The Labute approximate surface area is 99.4 Å². The standard InChI is InChI=1S/C10H19NO4S/c1-4-5-6(8(12)13)16-10(2,3)7(11)9(14)15/h6-7H,4-5,11H2,1-3H3,(H,12,13)(H,14,15)/t6?,7-/m1/s1. The molecule has 0 saturated carbocycles. The molecule has 94 valence electrons. The van der Waals surface area contributed by atoms with Crippen molar-refractivity contribution >= 4 is 23.7 Å². The maximum Gasteiger partial charge on any atom is 0.321 e. The first-order valence-electron chi connectivity index (χ1n) is 5.11. The summed E-state index contributed by atoms with van der Waals surface area (Å²) in [6.45, 7) is 5.20.